The van der Waals surface area contributed by atoms with Gasteiger partial charge in [-0.1, -0.05) is 0 Å². The molecule has 0 radical (unpaired) electrons. The Morgan fingerprint density at radius 3 is 2.93 bits per heavy atom. The van der Waals surface area contributed by atoms with E-state index in [1.165, 1.54) is 6.92 Å². The molecule has 0 aliphatic rings. The van der Waals surface area contributed by atoms with E-state index in [0.29, 0.717) is 10.0 Å². The van der Waals surface area contributed by atoms with Crippen molar-refractivity contribution in [1.29, 1.82) is 0 Å². The standard InChI is InChI=1S/C10H8BrNO2/c1-5(13)7-4-6-2-3-12-9(6)8(11)10(7)14/h2-4,12,14H,1H3. The first-order valence-electron chi connectivity index (χ1n) is 4.10. The van der Waals surface area contributed by atoms with Crippen molar-refractivity contribution in [2.45, 2.75) is 6.92 Å². The molecule has 0 spiro atoms. The monoisotopic (exact) mass is 253 g/mol. The third-order valence-corrected chi connectivity index (χ3v) is 2.91. The van der Waals surface area contributed by atoms with E-state index in [9.17, 15) is 9.90 Å². The smallest absolute Gasteiger partial charge is 0.163 e. The van der Waals surface area contributed by atoms with Crippen molar-refractivity contribution < 1.29 is 9.90 Å². The molecule has 0 aliphatic carbocycles. The summed E-state index contributed by atoms with van der Waals surface area (Å²) in [6.07, 6.45) is 1.76. The van der Waals surface area contributed by atoms with E-state index in [-0.39, 0.29) is 11.5 Å². The number of nitrogens with one attached hydrogen (secondary N) is 1. The van der Waals surface area contributed by atoms with Crippen LogP contribution in [0.15, 0.2) is 22.8 Å². The maximum Gasteiger partial charge on any atom is 0.163 e. The number of ketones is 1. The summed E-state index contributed by atoms with van der Waals surface area (Å²) in [6, 6.07) is 3.53. The fourth-order valence-electron chi connectivity index (χ4n) is 1.42. The maximum atomic E-state index is 11.2. The van der Waals surface area contributed by atoms with Crippen LogP contribution in [0.3, 0.4) is 0 Å². The third kappa shape index (κ3) is 1.23. The van der Waals surface area contributed by atoms with Gasteiger partial charge in [-0.15, -0.1) is 0 Å². The molecule has 2 N–H and O–H groups in total. The number of phenolic OH excluding ortho intramolecular Hbond substituents is 1. The summed E-state index contributed by atoms with van der Waals surface area (Å²) in [5, 5.41) is 10.6. The Balaban J connectivity index is 2.87. The van der Waals surface area contributed by atoms with Crippen molar-refractivity contribution in [3.8, 4) is 5.75 Å². The first-order valence-corrected chi connectivity index (χ1v) is 4.90. The predicted molar refractivity (Wildman–Crippen MR) is 57.7 cm³/mol. The molecule has 2 aromatic rings. The first kappa shape index (κ1) is 9.27. The summed E-state index contributed by atoms with van der Waals surface area (Å²) in [4.78, 5) is 14.2. The molecule has 0 atom stereocenters. The molecule has 2 rings (SSSR count). The van der Waals surface area contributed by atoms with Crippen molar-refractivity contribution in [1.82, 2.24) is 4.98 Å². The van der Waals surface area contributed by atoms with Crippen LogP contribution in [0.1, 0.15) is 17.3 Å². The second-order valence-electron chi connectivity index (χ2n) is 3.08. The average molecular weight is 254 g/mol. The summed E-state index contributed by atoms with van der Waals surface area (Å²) in [6.45, 7) is 1.43. The molecule has 0 bridgehead atoms. The van der Waals surface area contributed by atoms with Crippen LogP contribution in [-0.4, -0.2) is 15.9 Å². The molecule has 1 heterocycles. The number of fused-ring (bicyclic) bond motifs is 1. The number of hydrogen-bond donors (Lipinski definition) is 2. The van der Waals surface area contributed by atoms with Crippen LogP contribution in [-0.2, 0) is 0 Å². The normalized spacial score (nSPS) is 10.7. The van der Waals surface area contributed by atoms with Gasteiger partial charge in [-0.05, 0) is 35.0 Å². The highest BCUT2D eigenvalue weighted by Crippen LogP contribution is 2.35. The minimum atomic E-state index is -0.147. The molecule has 1 aromatic heterocycles. The van der Waals surface area contributed by atoms with E-state index in [1.54, 1.807) is 12.3 Å². The summed E-state index contributed by atoms with van der Waals surface area (Å²) in [5.74, 6) is -0.154. The highest BCUT2D eigenvalue weighted by Gasteiger charge is 2.13. The highest BCUT2D eigenvalue weighted by atomic mass is 79.9. The second-order valence-corrected chi connectivity index (χ2v) is 3.88. The lowest BCUT2D eigenvalue weighted by Crippen LogP contribution is -1.93. The molecule has 0 amide bonds. The maximum absolute atomic E-state index is 11.2. The molecular weight excluding hydrogens is 246 g/mol. The number of halogens is 1. The van der Waals surface area contributed by atoms with Crippen molar-refractivity contribution in [3.63, 3.8) is 0 Å². The van der Waals surface area contributed by atoms with E-state index in [0.717, 1.165) is 10.9 Å². The van der Waals surface area contributed by atoms with Gasteiger partial charge in [0, 0.05) is 11.6 Å². The number of aromatic nitrogens is 1. The molecule has 72 valence electrons. The average Bonchev–Trinajstić information content (AvgIpc) is 2.58. The lowest BCUT2D eigenvalue weighted by Gasteiger charge is -2.04. The summed E-state index contributed by atoms with van der Waals surface area (Å²) >= 11 is 3.25. The number of carbonyl (C=O) groups is 1. The van der Waals surface area contributed by atoms with Crippen molar-refractivity contribution in [2.75, 3.05) is 0 Å². The minimum Gasteiger partial charge on any atom is -0.506 e. The summed E-state index contributed by atoms with van der Waals surface area (Å²) in [5.41, 5.74) is 1.14. The Hall–Kier alpha value is -1.29. The Bertz CT molecular complexity index is 516. The molecule has 0 saturated carbocycles. The Morgan fingerprint density at radius 1 is 1.57 bits per heavy atom. The van der Waals surface area contributed by atoms with Crippen molar-refractivity contribution >= 4 is 32.6 Å². The number of hydrogen-bond acceptors (Lipinski definition) is 2. The number of rotatable bonds is 1. The molecular formula is C10H8BrNO2. The van der Waals surface area contributed by atoms with Crippen molar-refractivity contribution in [3.05, 3.63) is 28.4 Å². The fraction of sp³-hybridized carbons (Fsp3) is 0.100. The molecule has 14 heavy (non-hydrogen) atoms. The fourth-order valence-corrected chi connectivity index (χ4v) is 1.98. The second kappa shape index (κ2) is 3.13. The number of H-pyrrole nitrogens is 1. The third-order valence-electron chi connectivity index (χ3n) is 2.14. The Morgan fingerprint density at radius 2 is 2.29 bits per heavy atom. The zero-order valence-electron chi connectivity index (χ0n) is 7.47. The quantitative estimate of drug-likeness (QED) is 0.769. The van der Waals surface area contributed by atoms with Crippen molar-refractivity contribution in [2.24, 2.45) is 0 Å². The SMILES string of the molecule is CC(=O)c1cc2cc[nH]c2c(Br)c1O. The van der Waals surface area contributed by atoms with E-state index in [2.05, 4.69) is 20.9 Å². The molecule has 0 aliphatic heterocycles. The van der Waals surface area contributed by atoms with Gasteiger partial charge in [-0.3, -0.25) is 4.79 Å². The lowest BCUT2D eigenvalue weighted by atomic mass is 10.1. The van der Waals surface area contributed by atoms with Gasteiger partial charge >= 0.3 is 0 Å². The van der Waals surface area contributed by atoms with Gasteiger partial charge in [0.2, 0.25) is 0 Å². The van der Waals surface area contributed by atoms with Crippen LogP contribution in [0.2, 0.25) is 0 Å². The number of Topliss-reactive ketones (excluding diaryl/α,β-unsaturated/α-hetero) is 1. The predicted octanol–water partition coefficient (Wildman–Crippen LogP) is 2.84. The van der Waals surface area contributed by atoms with Gasteiger partial charge in [0.15, 0.2) is 5.78 Å². The molecule has 3 nitrogen and oxygen atoms in total. The van der Waals surface area contributed by atoms with Crippen LogP contribution in [0.5, 0.6) is 5.75 Å². The highest BCUT2D eigenvalue weighted by molar-refractivity contribution is 9.10. The van der Waals surface area contributed by atoms with E-state index >= 15 is 0 Å². The van der Waals surface area contributed by atoms with Crippen LogP contribution in [0.4, 0.5) is 0 Å². The summed E-state index contributed by atoms with van der Waals surface area (Å²) < 4.78 is 0.533. The van der Waals surface area contributed by atoms with E-state index in [4.69, 9.17) is 0 Å². The number of aromatic amines is 1. The van der Waals surface area contributed by atoms with Crippen LogP contribution >= 0.6 is 15.9 Å². The van der Waals surface area contributed by atoms with Gasteiger partial charge in [-0.2, -0.15) is 0 Å². The van der Waals surface area contributed by atoms with Gasteiger partial charge < -0.3 is 10.1 Å². The lowest BCUT2D eigenvalue weighted by molar-refractivity contribution is 0.101. The Labute approximate surface area is 88.9 Å². The van der Waals surface area contributed by atoms with Gasteiger partial charge in [0.05, 0.1) is 15.6 Å². The van der Waals surface area contributed by atoms with Crippen LogP contribution in [0, 0.1) is 0 Å². The van der Waals surface area contributed by atoms with Gasteiger partial charge in [-0.25, -0.2) is 0 Å². The Kier molecular flexibility index (Phi) is 2.07. The zero-order valence-corrected chi connectivity index (χ0v) is 9.05. The molecule has 0 saturated heterocycles. The molecule has 1 aromatic carbocycles. The minimum absolute atomic E-state index is 0.00699. The molecule has 0 unspecified atom stereocenters. The molecule has 0 fully saturated rings. The summed E-state index contributed by atoms with van der Waals surface area (Å²) in [7, 11) is 0. The topological polar surface area (TPSA) is 53.1 Å². The number of carbonyl (C=O) groups excluding carboxylic acids is 1. The van der Waals surface area contributed by atoms with E-state index in [1.807, 2.05) is 6.07 Å². The largest absolute Gasteiger partial charge is 0.506 e. The van der Waals surface area contributed by atoms with Crippen LogP contribution < -0.4 is 0 Å². The first-order chi connectivity index (χ1) is 6.61. The number of aromatic hydroxyl groups is 1. The zero-order chi connectivity index (χ0) is 10.3. The number of phenols is 1. The number of benzene rings is 1. The molecule has 4 heteroatoms. The van der Waals surface area contributed by atoms with Gasteiger partial charge in [0.25, 0.3) is 0 Å². The van der Waals surface area contributed by atoms with E-state index < -0.39 is 0 Å². The van der Waals surface area contributed by atoms with Gasteiger partial charge in [0.1, 0.15) is 5.75 Å². The van der Waals surface area contributed by atoms with Crippen LogP contribution in [0.25, 0.3) is 10.9 Å².